The van der Waals surface area contributed by atoms with Crippen LogP contribution in [0.2, 0.25) is 0 Å². The van der Waals surface area contributed by atoms with Crippen LogP contribution in [0.1, 0.15) is 17.9 Å². The summed E-state index contributed by atoms with van der Waals surface area (Å²) in [6, 6.07) is 10.3. The predicted octanol–water partition coefficient (Wildman–Crippen LogP) is 1.30. The fraction of sp³-hybridized carbons (Fsp3) is 0.375. The van der Waals surface area contributed by atoms with Crippen molar-refractivity contribution in [3.63, 3.8) is 0 Å². The lowest BCUT2D eigenvalue weighted by Crippen LogP contribution is -2.61. The molecule has 1 aromatic carbocycles. The van der Waals surface area contributed by atoms with Crippen molar-refractivity contribution in [3.8, 4) is 0 Å². The summed E-state index contributed by atoms with van der Waals surface area (Å²) in [5, 5.41) is 2.80. The third-order valence-corrected chi connectivity index (χ3v) is 4.06. The lowest BCUT2D eigenvalue weighted by Gasteiger charge is -2.39. The Morgan fingerprint density at radius 2 is 1.95 bits per heavy atom. The summed E-state index contributed by atoms with van der Waals surface area (Å²) in [5.74, 6) is 0.567. The van der Waals surface area contributed by atoms with Gasteiger partial charge in [-0.3, -0.25) is 9.59 Å². The number of rotatable bonds is 4. The molecular formula is C16H18N2O2. The minimum atomic E-state index is -0.171. The Labute approximate surface area is 118 Å². The maximum absolute atomic E-state index is 12.3. The normalized spacial score (nSPS) is 24.7. The average Bonchev–Trinajstić information content (AvgIpc) is 3.22. The number of hydrogen-bond donors (Lipinski definition) is 1. The molecule has 0 bridgehead atoms. The van der Waals surface area contributed by atoms with E-state index in [0.717, 1.165) is 6.42 Å². The van der Waals surface area contributed by atoms with Crippen LogP contribution < -0.4 is 5.32 Å². The molecule has 2 fully saturated rings. The van der Waals surface area contributed by atoms with Crippen LogP contribution in [0.25, 0.3) is 0 Å². The molecule has 1 aromatic rings. The summed E-state index contributed by atoms with van der Waals surface area (Å²) in [6.07, 6.45) is 2.21. The number of likely N-dealkylation sites (tertiary alicyclic amines) is 1. The van der Waals surface area contributed by atoms with Crippen molar-refractivity contribution in [2.24, 2.45) is 5.92 Å². The smallest absolute Gasteiger partial charge is 0.243 e. The molecule has 2 atom stereocenters. The first-order valence-electron chi connectivity index (χ1n) is 6.95. The molecule has 3 rings (SSSR count). The third-order valence-electron chi connectivity index (χ3n) is 4.06. The Morgan fingerprint density at radius 1 is 1.25 bits per heavy atom. The Bertz CT molecular complexity index is 535. The van der Waals surface area contributed by atoms with E-state index in [0.29, 0.717) is 19.0 Å². The van der Waals surface area contributed by atoms with E-state index in [-0.39, 0.29) is 23.8 Å². The molecule has 1 aliphatic carbocycles. The van der Waals surface area contributed by atoms with Gasteiger partial charge in [-0.25, -0.2) is 0 Å². The molecular weight excluding hydrogens is 252 g/mol. The molecule has 20 heavy (non-hydrogen) atoms. The first-order chi connectivity index (χ1) is 9.69. The Balaban J connectivity index is 1.48. The van der Waals surface area contributed by atoms with Crippen molar-refractivity contribution in [3.05, 3.63) is 48.6 Å². The van der Waals surface area contributed by atoms with Gasteiger partial charge in [-0.05, 0) is 24.0 Å². The average molecular weight is 270 g/mol. The highest BCUT2D eigenvalue weighted by Gasteiger charge is 2.47. The van der Waals surface area contributed by atoms with Gasteiger partial charge in [-0.15, -0.1) is 0 Å². The van der Waals surface area contributed by atoms with Gasteiger partial charge < -0.3 is 10.2 Å². The second-order valence-electron chi connectivity index (χ2n) is 5.51. The number of nitrogens with one attached hydrogen (secondary N) is 1. The van der Waals surface area contributed by atoms with E-state index >= 15 is 0 Å². The summed E-state index contributed by atoms with van der Waals surface area (Å²) in [4.78, 5) is 25.2. The highest BCUT2D eigenvalue weighted by Crippen LogP contribution is 2.48. The molecule has 4 nitrogen and oxygen atoms in total. The van der Waals surface area contributed by atoms with Gasteiger partial charge in [0.1, 0.15) is 0 Å². The van der Waals surface area contributed by atoms with Gasteiger partial charge in [-0.2, -0.15) is 0 Å². The van der Waals surface area contributed by atoms with Crippen molar-refractivity contribution in [2.45, 2.75) is 18.4 Å². The fourth-order valence-electron chi connectivity index (χ4n) is 2.78. The molecule has 0 radical (unpaired) electrons. The van der Waals surface area contributed by atoms with Gasteiger partial charge >= 0.3 is 0 Å². The zero-order valence-electron chi connectivity index (χ0n) is 11.3. The van der Waals surface area contributed by atoms with Crippen LogP contribution in [-0.4, -0.2) is 35.8 Å². The molecule has 2 amide bonds. The Hall–Kier alpha value is -2.10. The minimum Gasteiger partial charge on any atom is -0.346 e. The topological polar surface area (TPSA) is 49.4 Å². The van der Waals surface area contributed by atoms with Gasteiger partial charge in [0, 0.05) is 19.0 Å². The second kappa shape index (κ2) is 5.12. The van der Waals surface area contributed by atoms with Crippen molar-refractivity contribution >= 4 is 11.8 Å². The van der Waals surface area contributed by atoms with Crippen LogP contribution in [0.5, 0.6) is 0 Å². The van der Waals surface area contributed by atoms with Gasteiger partial charge in [0.05, 0.1) is 6.04 Å². The number of carbonyl (C=O) groups is 2. The van der Waals surface area contributed by atoms with Crippen molar-refractivity contribution in [2.75, 3.05) is 13.1 Å². The van der Waals surface area contributed by atoms with Gasteiger partial charge in [0.2, 0.25) is 11.8 Å². The maximum atomic E-state index is 12.3. The van der Waals surface area contributed by atoms with E-state index in [4.69, 9.17) is 0 Å². The van der Waals surface area contributed by atoms with Crippen LogP contribution in [0.4, 0.5) is 0 Å². The zero-order chi connectivity index (χ0) is 14.1. The van der Waals surface area contributed by atoms with Crippen LogP contribution >= 0.6 is 0 Å². The molecule has 1 heterocycles. The second-order valence-corrected chi connectivity index (χ2v) is 5.51. The number of hydrogen-bond acceptors (Lipinski definition) is 2. The van der Waals surface area contributed by atoms with Crippen LogP contribution in [-0.2, 0) is 9.59 Å². The Morgan fingerprint density at radius 3 is 2.60 bits per heavy atom. The summed E-state index contributed by atoms with van der Waals surface area (Å²) in [7, 11) is 0. The summed E-state index contributed by atoms with van der Waals surface area (Å²) in [6.45, 7) is 4.66. The number of amides is 2. The largest absolute Gasteiger partial charge is 0.346 e. The monoisotopic (exact) mass is 270 g/mol. The van der Waals surface area contributed by atoms with Gasteiger partial charge in [0.25, 0.3) is 0 Å². The molecule has 2 aliphatic rings. The van der Waals surface area contributed by atoms with E-state index in [1.54, 1.807) is 0 Å². The molecule has 0 unspecified atom stereocenters. The van der Waals surface area contributed by atoms with Crippen molar-refractivity contribution in [1.29, 1.82) is 0 Å². The summed E-state index contributed by atoms with van der Waals surface area (Å²) < 4.78 is 0. The van der Waals surface area contributed by atoms with E-state index in [2.05, 4.69) is 24.0 Å². The first-order valence-corrected chi connectivity index (χ1v) is 6.95. The van der Waals surface area contributed by atoms with Crippen molar-refractivity contribution < 1.29 is 9.59 Å². The molecule has 4 heteroatoms. The molecule has 104 valence electrons. The van der Waals surface area contributed by atoms with Crippen LogP contribution in [0, 0.1) is 5.92 Å². The third kappa shape index (κ3) is 2.46. The molecule has 1 N–H and O–H groups in total. The SMILES string of the molecule is C=CC(=O)NC1CN(C(=O)[C@@H]2C[C@H]2c2ccccc2)C1. The molecule has 1 saturated carbocycles. The minimum absolute atomic E-state index is 0.0818. The van der Waals surface area contributed by atoms with Gasteiger partial charge in [-0.1, -0.05) is 36.9 Å². The Kier molecular flexibility index (Phi) is 3.30. The summed E-state index contributed by atoms with van der Waals surface area (Å²) >= 11 is 0. The molecule has 1 aliphatic heterocycles. The van der Waals surface area contributed by atoms with Crippen LogP contribution in [0.15, 0.2) is 43.0 Å². The number of nitrogens with zero attached hydrogens (tertiary/aromatic N) is 1. The number of carbonyl (C=O) groups excluding carboxylic acids is 2. The fourth-order valence-corrected chi connectivity index (χ4v) is 2.78. The first kappa shape index (κ1) is 12.9. The highest BCUT2D eigenvalue weighted by atomic mass is 16.2. The highest BCUT2D eigenvalue weighted by molar-refractivity contribution is 5.88. The molecule has 0 aromatic heterocycles. The lowest BCUT2D eigenvalue weighted by atomic mass is 10.1. The number of benzene rings is 1. The summed E-state index contributed by atoms with van der Waals surface area (Å²) in [5.41, 5.74) is 1.25. The van der Waals surface area contributed by atoms with E-state index in [1.807, 2.05) is 23.1 Å². The molecule has 1 saturated heterocycles. The van der Waals surface area contributed by atoms with Crippen LogP contribution in [0.3, 0.4) is 0 Å². The van der Waals surface area contributed by atoms with Crippen molar-refractivity contribution in [1.82, 2.24) is 10.2 Å². The quantitative estimate of drug-likeness (QED) is 0.838. The maximum Gasteiger partial charge on any atom is 0.243 e. The van der Waals surface area contributed by atoms with Gasteiger partial charge in [0.15, 0.2) is 0 Å². The van der Waals surface area contributed by atoms with E-state index in [1.165, 1.54) is 11.6 Å². The van der Waals surface area contributed by atoms with E-state index in [9.17, 15) is 9.59 Å². The molecule has 0 spiro atoms. The standard InChI is InChI=1S/C16H18N2O2/c1-2-15(19)17-12-9-18(10-12)16(20)14-8-13(14)11-6-4-3-5-7-11/h2-7,12-14H,1,8-10H2,(H,17,19)/t13-,14+/m0/s1. The van der Waals surface area contributed by atoms with E-state index < -0.39 is 0 Å². The zero-order valence-corrected chi connectivity index (χ0v) is 11.3. The lowest BCUT2D eigenvalue weighted by molar-refractivity contribution is -0.138. The predicted molar refractivity (Wildman–Crippen MR) is 76.0 cm³/mol.